The van der Waals surface area contributed by atoms with E-state index < -0.39 is 35.3 Å². The lowest BCUT2D eigenvalue weighted by molar-refractivity contribution is -0.384. The molecule has 0 saturated carbocycles. The number of ether oxygens (including phenoxy) is 1. The molecular formula is C19H17Cl2FN2O5. The van der Waals surface area contributed by atoms with E-state index in [1.165, 1.54) is 24.3 Å². The van der Waals surface area contributed by atoms with Gasteiger partial charge in [-0.05, 0) is 24.1 Å². The van der Waals surface area contributed by atoms with Crippen LogP contribution in [0, 0.1) is 21.8 Å². The van der Waals surface area contributed by atoms with Gasteiger partial charge in [0.25, 0.3) is 11.6 Å². The Kier molecular flexibility index (Phi) is 7.53. The van der Waals surface area contributed by atoms with Crippen LogP contribution in [0.2, 0.25) is 10.0 Å². The van der Waals surface area contributed by atoms with Gasteiger partial charge in [-0.15, -0.1) is 0 Å². The molecule has 29 heavy (non-hydrogen) atoms. The molecule has 0 bridgehead atoms. The lowest BCUT2D eigenvalue weighted by Crippen LogP contribution is -2.45. The lowest BCUT2D eigenvalue weighted by Gasteiger charge is -2.21. The maximum Gasteiger partial charge on any atom is 0.329 e. The molecule has 0 aliphatic rings. The van der Waals surface area contributed by atoms with Crippen molar-refractivity contribution < 1.29 is 23.6 Å². The first-order valence-electron chi connectivity index (χ1n) is 8.46. The van der Waals surface area contributed by atoms with Gasteiger partial charge in [-0.1, -0.05) is 43.1 Å². The summed E-state index contributed by atoms with van der Waals surface area (Å²) in [7, 11) is 0. The van der Waals surface area contributed by atoms with Crippen molar-refractivity contribution in [3.8, 4) is 0 Å². The number of carbonyl (C=O) groups is 2. The molecule has 0 aliphatic carbocycles. The summed E-state index contributed by atoms with van der Waals surface area (Å²) in [6.07, 6.45) is 0. The Morgan fingerprint density at radius 3 is 2.45 bits per heavy atom. The molecule has 0 fully saturated rings. The molecule has 0 spiro atoms. The quantitative estimate of drug-likeness (QED) is 0.385. The molecule has 154 valence electrons. The first-order chi connectivity index (χ1) is 13.6. The topological polar surface area (TPSA) is 98.5 Å². The number of nitrogens with zero attached hydrogens (tertiary/aromatic N) is 1. The SMILES string of the molecule is CC(C)C(NC(=O)c1ccc([N+](=O)[O-])cc1Cl)C(=O)OCc1c(F)cccc1Cl. The molecule has 0 heterocycles. The maximum atomic E-state index is 13.8. The van der Waals surface area contributed by atoms with Crippen molar-refractivity contribution in [1.82, 2.24) is 5.32 Å². The van der Waals surface area contributed by atoms with E-state index in [0.29, 0.717) is 0 Å². The molecule has 1 atom stereocenters. The Morgan fingerprint density at radius 2 is 1.90 bits per heavy atom. The third kappa shape index (κ3) is 5.65. The van der Waals surface area contributed by atoms with E-state index in [4.69, 9.17) is 27.9 Å². The fourth-order valence-electron chi connectivity index (χ4n) is 2.42. The van der Waals surface area contributed by atoms with E-state index >= 15 is 0 Å². The first-order valence-corrected chi connectivity index (χ1v) is 9.21. The van der Waals surface area contributed by atoms with Gasteiger partial charge in [0.2, 0.25) is 0 Å². The lowest BCUT2D eigenvalue weighted by atomic mass is 10.0. The summed E-state index contributed by atoms with van der Waals surface area (Å²) in [5.74, 6) is -2.47. The van der Waals surface area contributed by atoms with Gasteiger partial charge in [0.1, 0.15) is 18.5 Å². The number of halogens is 3. The summed E-state index contributed by atoms with van der Waals surface area (Å²) in [4.78, 5) is 35.1. The summed E-state index contributed by atoms with van der Waals surface area (Å²) in [6.45, 7) is 2.96. The fourth-order valence-corrected chi connectivity index (χ4v) is 2.90. The normalized spacial score (nSPS) is 11.8. The summed E-state index contributed by atoms with van der Waals surface area (Å²) >= 11 is 11.9. The van der Waals surface area contributed by atoms with Gasteiger partial charge in [0.05, 0.1) is 20.5 Å². The van der Waals surface area contributed by atoms with Crippen molar-refractivity contribution in [2.75, 3.05) is 0 Å². The number of hydrogen-bond acceptors (Lipinski definition) is 5. The van der Waals surface area contributed by atoms with Crippen LogP contribution in [0.5, 0.6) is 0 Å². The number of nitro groups is 1. The molecule has 2 rings (SSSR count). The molecule has 0 aromatic heterocycles. The minimum atomic E-state index is -1.06. The predicted molar refractivity (Wildman–Crippen MR) is 105 cm³/mol. The van der Waals surface area contributed by atoms with E-state index in [1.807, 2.05) is 0 Å². The third-order valence-electron chi connectivity index (χ3n) is 4.04. The minimum Gasteiger partial charge on any atom is -0.459 e. The second kappa shape index (κ2) is 9.67. The summed E-state index contributed by atoms with van der Waals surface area (Å²) in [5, 5.41) is 13.2. The standard InChI is InChI=1S/C19H17Cl2FN2O5/c1-10(2)17(19(26)29-9-13-14(20)4-3-5-16(13)22)23-18(25)12-7-6-11(24(27)28)8-15(12)21/h3-8,10,17H,9H2,1-2H3,(H,23,25). The largest absolute Gasteiger partial charge is 0.459 e. The van der Waals surface area contributed by atoms with Crippen LogP contribution in [0.4, 0.5) is 10.1 Å². The van der Waals surface area contributed by atoms with Crippen LogP contribution in [-0.4, -0.2) is 22.8 Å². The second-order valence-corrected chi connectivity index (χ2v) is 7.24. The second-order valence-electron chi connectivity index (χ2n) is 6.42. The summed E-state index contributed by atoms with van der Waals surface area (Å²) < 4.78 is 18.9. The van der Waals surface area contributed by atoms with Gasteiger partial charge in [0, 0.05) is 17.7 Å². The summed E-state index contributed by atoms with van der Waals surface area (Å²) in [6, 6.07) is 6.38. The van der Waals surface area contributed by atoms with Gasteiger partial charge < -0.3 is 10.1 Å². The van der Waals surface area contributed by atoms with Crippen LogP contribution in [0.1, 0.15) is 29.8 Å². The number of nitrogens with one attached hydrogen (secondary N) is 1. The van der Waals surface area contributed by atoms with E-state index in [1.54, 1.807) is 13.8 Å². The highest BCUT2D eigenvalue weighted by Crippen LogP contribution is 2.23. The zero-order valence-corrected chi connectivity index (χ0v) is 17.0. The van der Waals surface area contributed by atoms with Crippen LogP contribution in [0.3, 0.4) is 0 Å². The maximum absolute atomic E-state index is 13.8. The van der Waals surface area contributed by atoms with Gasteiger partial charge in [-0.3, -0.25) is 14.9 Å². The zero-order valence-electron chi connectivity index (χ0n) is 15.4. The van der Waals surface area contributed by atoms with Crippen molar-refractivity contribution in [2.45, 2.75) is 26.5 Å². The molecule has 1 N–H and O–H groups in total. The number of rotatable bonds is 7. The Hall–Kier alpha value is -2.71. The van der Waals surface area contributed by atoms with Crippen LogP contribution >= 0.6 is 23.2 Å². The Bertz CT molecular complexity index is 932. The predicted octanol–water partition coefficient (Wildman–Crippen LogP) is 4.54. The molecular weight excluding hydrogens is 426 g/mol. The van der Waals surface area contributed by atoms with Crippen LogP contribution in [-0.2, 0) is 16.1 Å². The van der Waals surface area contributed by atoms with Crippen molar-refractivity contribution in [2.24, 2.45) is 5.92 Å². The molecule has 1 amide bonds. The van der Waals surface area contributed by atoms with Gasteiger partial charge >= 0.3 is 5.97 Å². The number of nitro benzene ring substituents is 1. The van der Waals surface area contributed by atoms with Crippen LogP contribution in [0.15, 0.2) is 36.4 Å². The average Bonchev–Trinajstić information content (AvgIpc) is 2.64. The summed E-state index contributed by atoms with van der Waals surface area (Å²) in [5.41, 5.74) is -0.282. The molecule has 0 aliphatic heterocycles. The number of non-ortho nitro benzene ring substituents is 1. The number of carbonyl (C=O) groups excluding carboxylic acids is 2. The molecule has 0 saturated heterocycles. The molecule has 1 unspecified atom stereocenters. The zero-order chi connectivity index (χ0) is 21.7. The Morgan fingerprint density at radius 1 is 1.21 bits per heavy atom. The van der Waals surface area contributed by atoms with Gasteiger partial charge in [-0.25, -0.2) is 9.18 Å². The third-order valence-corrected chi connectivity index (χ3v) is 4.70. The van der Waals surface area contributed by atoms with Gasteiger partial charge in [0.15, 0.2) is 0 Å². The molecule has 2 aromatic carbocycles. The highest BCUT2D eigenvalue weighted by atomic mass is 35.5. The number of hydrogen-bond donors (Lipinski definition) is 1. The molecule has 0 radical (unpaired) electrons. The van der Waals surface area contributed by atoms with Crippen molar-refractivity contribution in [1.29, 1.82) is 0 Å². The van der Waals surface area contributed by atoms with E-state index in [0.717, 1.165) is 12.1 Å². The first kappa shape index (κ1) is 22.6. The fraction of sp³-hybridized carbons (Fsp3) is 0.263. The van der Waals surface area contributed by atoms with E-state index in [-0.39, 0.29) is 32.8 Å². The monoisotopic (exact) mass is 442 g/mol. The Balaban J connectivity index is 2.12. The molecule has 2 aromatic rings. The Labute approximate surface area is 175 Å². The van der Waals surface area contributed by atoms with Crippen molar-refractivity contribution in [3.05, 3.63) is 73.5 Å². The minimum absolute atomic E-state index is 0.0229. The molecule has 10 heteroatoms. The van der Waals surface area contributed by atoms with E-state index in [9.17, 15) is 24.1 Å². The molecule has 7 nitrogen and oxygen atoms in total. The van der Waals surface area contributed by atoms with Crippen LogP contribution in [0.25, 0.3) is 0 Å². The van der Waals surface area contributed by atoms with Crippen molar-refractivity contribution in [3.63, 3.8) is 0 Å². The van der Waals surface area contributed by atoms with Crippen LogP contribution < -0.4 is 5.32 Å². The smallest absolute Gasteiger partial charge is 0.329 e. The number of esters is 1. The van der Waals surface area contributed by atoms with Gasteiger partial charge in [-0.2, -0.15) is 0 Å². The highest BCUT2D eigenvalue weighted by Gasteiger charge is 2.28. The number of benzene rings is 2. The average molecular weight is 443 g/mol. The van der Waals surface area contributed by atoms with E-state index in [2.05, 4.69) is 5.32 Å². The number of amides is 1. The van der Waals surface area contributed by atoms with Crippen molar-refractivity contribution >= 4 is 40.8 Å². The highest BCUT2D eigenvalue weighted by molar-refractivity contribution is 6.34.